The smallest absolute Gasteiger partial charge is 0.146 e. The third kappa shape index (κ3) is 3.74. The highest BCUT2D eigenvalue weighted by atomic mass is 16.7. The van der Waals surface area contributed by atoms with E-state index in [9.17, 15) is 0 Å². The zero-order chi connectivity index (χ0) is 11.5. The van der Waals surface area contributed by atoms with Gasteiger partial charge < -0.3 is 9.47 Å². The maximum Gasteiger partial charge on any atom is 0.146 e. The molecule has 3 nitrogen and oxygen atoms in total. The number of methoxy groups -OCH3 is 1. The largest absolute Gasteiger partial charge is 0.359 e. The Labute approximate surface area is 93.7 Å². The van der Waals surface area contributed by atoms with Crippen LogP contribution in [0.2, 0.25) is 0 Å². The zero-order valence-corrected chi connectivity index (χ0v) is 10.7. The monoisotopic (exact) mass is 215 g/mol. The predicted octanol–water partition coefficient (Wildman–Crippen LogP) is 2.26. The van der Waals surface area contributed by atoms with Crippen LogP contribution in [0.25, 0.3) is 0 Å². The van der Waals surface area contributed by atoms with Gasteiger partial charge in [0, 0.05) is 25.2 Å². The number of ether oxygens (including phenoxy) is 2. The summed E-state index contributed by atoms with van der Waals surface area (Å²) < 4.78 is 10.6. The van der Waals surface area contributed by atoms with Gasteiger partial charge in [-0.05, 0) is 40.5 Å². The van der Waals surface area contributed by atoms with Gasteiger partial charge in [0.05, 0.1) is 6.10 Å². The summed E-state index contributed by atoms with van der Waals surface area (Å²) in [4.78, 5) is 2.56. The van der Waals surface area contributed by atoms with Gasteiger partial charge in [-0.2, -0.15) is 0 Å². The molecule has 1 fully saturated rings. The van der Waals surface area contributed by atoms with Crippen molar-refractivity contribution in [2.24, 2.45) is 0 Å². The minimum atomic E-state index is 0.269. The molecule has 2 unspecified atom stereocenters. The van der Waals surface area contributed by atoms with Crippen LogP contribution in [0.4, 0.5) is 0 Å². The Bertz CT molecular complexity index is 189. The van der Waals surface area contributed by atoms with Gasteiger partial charge in [-0.3, -0.25) is 4.90 Å². The summed E-state index contributed by atoms with van der Waals surface area (Å²) in [5, 5.41) is 0. The molecule has 0 spiro atoms. The minimum absolute atomic E-state index is 0.269. The van der Waals surface area contributed by atoms with Crippen LogP contribution in [-0.2, 0) is 9.47 Å². The van der Waals surface area contributed by atoms with E-state index in [0.717, 1.165) is 19.4 Å². The number of likely N-dealkylation sites (tertiary alicyclic amines) is 1. The normalized spacial score (nSPS) is 29.4. The first-order valence-electron chi connectivity index (χ1n) is 5.82. The molecule has 0 aromatic rings. The number of rotatable bonds is 3. The van der Waals surface area contributed by atoms with Crippen molar-refractivity contribution in [1.29, 1.82) is 0 Å². The Hall–Kier alpha value is -0.120. The van der Waals surface area contributed by atoms with Crippen LogP contribution in [0.1, 0.15) is 40.5 Å². The number of nitrogens with zero attached hydrogens (tertiary/aromatic N) is 1. The number of piperidine rings is 1. The molecule has 2 atom stereocenters. The van der Waals surface area contributed by atoms with Gasteiger partial charge in [-0.25, -0.2) is 0 Å². The van der Waals surface area contributed by atoms with Gasteiger partial charge in [-0.15, -0.1) is 0 Å². The zero-order valence-electron chi connectivity index (χ0n) is 10.7. The highest BCUT2D eigenvalue weighted by Gasteiger charge is 2.32. The summed E-state index contributed by atoms with van der Waals surface area (Å²) in [5.41, 5.74) is 0.269. The second-order valence-electron chi connectivity index (χ2n) is 5.43. The first kappa shape index (κ1) is 12.9. The molecule has 0 bridgehead atoms. The third-order valence-corrected chi connectivity index (χ3v) is 3.11. The van der Waals surface area contributed by atoms with E-state index in [2.05, 4.69) is 32.6 Å². The van der Waals surface area contributed by atoms with Gasteiger partial charge >= 0.3 is 0 Å². The Balaban J connectivity index is 2.41. The topological polar surface area (TPSA) is 21.7 Å². The highest BCUT2D eigenvalue weighted by molar-refractivity contribution is 4.87. The van der Waals surface area contributed by atoms with Gasteiger partial charge in [0.15, 0.2) is 0 Å². The molecule has 0 saturated carbocycles. The summed E-state index contributed by atoms with van der Waals surface area (Å²) >= 11 is 0. The molecule has 3 heteroatoms. The standard InChI is InChI=1S/C12H25NO2/c1-10-8-11(15-9-14-5)6-7-13(10)12(2,3)4/h10-11H,6-9H2,1-5H3. The van der Waals surface area contributed by atoms with Crippen LogP contribution < -0.4 is 0 Å². The minimum Gasteiger partial charge on any atom is -0.359 e. The molecule has 0 aromatic heterocycles. The Morgan fingerprint density at radius 2 is 2.00 bits per heavy atom. The first-order valence-corrected chi connectivity index (χ1v) is 5.82. The van der Waals surface area contributed by atoms with Crippen molar-refractivity contribution in [3.63, 3.8) is 0 Å². The van der Waals surface area contributed by atoms with E-state index in [1.807, 2.05) is 0 Å². The maximum atomic E-state index is 5.61. The van der Waals surface area contributed by atoms with E-state index in [1.54, 1.807) is 7.11 Å². The van der Waals surface area contributed by atoms with Crippen molar-refractivity contribution in [2.45, 2.75) is 58.2 Å². The summed E-state index contributed by atoms with van der Waals surface area (Å²) in [6.45, 7) is 10.7. The van der Waals surface area contributed by atoms with Crippen molar-refractivity contribution < 1.29 is 9.47 Å². The molecule has 0 radical (unpaired) electrons. The fraction of sp³-hybridized carbons (Fsp3) is 1.00. The van der Waals surface area contributed by atoms with E-state index >= 15 is 0 Å². The first-order chi connectivity index (χ1) is 6.95. The lowest BCUT2D eigenvalue weighted by Gasteiger charge is -2.45. The average molecular weight is 215 g/mol. The maximum absolute atomic E-state index is 5.61. The van der Waals surface area contributed by atoms with E-state index in [0.29, 0.717) is 18.9 Å². The van der Waals surface area contributed by atoms with Gasteiger partial charge in [0.25, 0.3) is 0 Å². The average Bonchev–Trinajstić information content (AvgIpc) is 2.12. The molecule has 1 rings (SSSR count). The van der Waals surface area contributed by atoms with Crippen LogP contribution in [0.5, 0.6) is 0 Å². The van der Waals surface area contributed by atoms with Crippen LogP contribution in [-0.4, -0.2) is 43.0 Å². The van der Waals surface area contributed by atoms with E-state index in [4.69, 9.17) is 9.47 Å². The molecule has 1 heterocycles. The van der Waals surface area contributed by atoms with Crippen LogP contribution in [0.15, 0.2) is 0 Å². The van der Waals surface area contributed by atoms with Gasteiger partial charge in [0.2, 0.25) is 0 Å². The number of hydrogen-bond acceptors (Lipinski definition) is 3. The Morgan fingerprint density at radius 1 is 1.33 bits per heavy atom. The molecule has 15 heavy (non-hydrogen) atoms. The van der Waals surface area contributed by atoms with Crippen LogP contribution in [0.3, 0.4) is 0 Å². The molecule has 0 N–H and O–H groups in total. The third-order valence-electron chi connectivity index (χ3n) is 3.11. The van der Waals surface area contributed by atoms with E-state index in [-0.39, 0.29) is 5.54 Å². The summed E-state index contributed by atoms with van der Waals surface area (Å²) in [6, 6.07) is 0.598. The lowest BCUT2D eigenvalue weighted by atomic mass is 9.94. The van der Waals surface area contributed by atoms with Crippen LogP contribution >= 0.6 is 0 Å². The molecule has 0 aliphatic carbocycles. The predicted molar refractivity (Wildman–Crippen MR) is 61.9 cm³/mol. The lowest BCUT2D eigenvalue weighted by Crippen LogP contribution is -2.52. The Morgan fingerprint density at radius 3 is 2.47 bits per heavy atom. The molecule has 1 aliphatic rings. The SMILES string of the molecule is COCOC1CCN(C(C)(C)C)C(C)C1. The molecular formula is C12H25NO2. The van der Waals surface area contributed by atoms with Gasteiger partial charge in [-0.1, -0.05) is 0 Å². The molecule has 0 aromatic carbocycles. The summed E-state index contributed by atoms with van der Waals surface area (Å²) in [5.74, 6) is 0. The van der Waals surface area contributed by atoms with E-state index in [1.165, 1.54) is 0 Å². The van der Waals surface area contributed by atoms with Crippen molar-refractivity contribution >= 4 is 0 Å². The fourth-order valence-corrected chi connectivity index (χ4v) is 2.44. The molecule has 90 valence electrons. The lowest BCUT2D eigenvalue weighted by molar-refractivity contribution is -0.104. The molecular weight excluding hydrogens is 190 g/mol. The summed E-state index contributed by atoms with van der Waals surface area (Å²) in [7, 11) is 1.67. The molecule has 0 amide bonds. The van der Waals surface area contributed by atoms with Crippen LogP contribution in [0, 0.1) is 0 Å². The quantitative estimate of drug-likeness (QED) is 0.674. The number of hydrogen-bond donors (Lipinski definition) is 0. The molecule has 1 aliphatic heterocycles. The second-order valence-corrected chi connectivity index (χ2v) is 5.43. The second kappa shape index (κ2) is 5.28. The van der Waals surface area contributed by atoms with Crippen molar-refractivity contribution in [2.75, 3.05) is 20.4 Å². The highest BCUT2D eigenvalue weighted by Crippen LogP contribution is 2.26. The van der Waals surface area contributed by atoms with Gasteiger partial charge in [0.1, 0.15) is 6.79 Å². The molecule has 1 saturated heterocycles. The fourth-order valence-electron chi connectivity index (χ4n) is 2.44. The Kier molecular flexibility index (Phi) is 4.56. The van der Waals surface area contributed by atoms with Crippen molar-refractivity contribution in [3.05, 3.63) is 0 Å². The van der Waals surface area contributed by atoms with Crippen molar-refractivity contribution in [1.82, 2.24) is 4.90 Å². The van der Waals surface area contributed by atoms with Crippen molar-refractivity contribution in [3.8, 4) is 0 Å². The summed E-state index contributed by atoms with van der Waals surface area (Å²) in [6.07, 6.45) is 2.60. The van der Waals surface area contributed by atoms with E-state index < -0.39 is 0 Å².